The minimum atomic E-state index is -3.47. The molecule has 0 N–H and O–H groups in total. The third-order valence-corrected chi connectivity index (χ3v) is 3.42. The van der Waals surface area contributed by atoms with Gasteiger partial charge in [-0.15, -0.1) is 0 Å². The van der Waals surface area contributed by atoms with E-state index in [-0.39, 0.29) is 0 Å². The van der Waals surface area contributed by atoms with Crippen molar-refractivity contribution in [3.05, 3.63) is 54.1 Å². The second kappa shape index (κ2) is 6.09. The Morgan fingerprint density at radius 1 is 0.900 bits per heavy atom. The van der Waals surface area contributed by atoms with Crippen molar-refractivity contribution >= 4 is 10.1 Å². The average Bonchev–Trinajstić information content (AvgIpc) is 2.39. The Morgan fingerprint density at radius 2 is 1.40 bits per heavy atom. The molecule has 0 unspecified atom stereocenters. The molecule has 0 atom stereocenters. The summed E-state index contributed by atoms with van der Waals surface area (Å²) in [5, 5.41) is 0. The van der Waals surface area contributed by atoms with Crippen LogP contribution >= 0.6 is 0 Å². The van der Waals surface area contributed by atoms with E-state index >= 15 is 0 Å². The van der Waals surface area contributed by atoms with Gasteiger partial charge in [0.2, 0.25) is 0 Å². The van der Waals surface area contributed by atoms with Gasteiger partial charge < -0.3 is 4.18 Å². The summed E-state index contributed by atoms with van der Waals surface area (Å²) in [5.74, 6) is 0.332. The molecule has 0 fully saturated rings. The molecule has 0 aliphatic carbocycles. The van der Waals surface area contributed by atoms with Gasteiger partial charge >= 0.3 is 10.1 Å². The van der Waals surface area contributed by atoms with E-state index in [1.165, 1.54) is 5.56 Å². The second-order valence-corrected chi connectivity index (χ2v) is 6.33. The van der Waals surface area contributed by atoms with Crippen molar-refractivity contribution in [2.24, 2.45) is 0 Å². The first kappa shape index (κ1) is 14.6. The van der Waals surface area contributed by atoms with Crippen molar-refractivity contribution in [3.63, 3.8) is 0 Å². The fraction of sp³-hybridized carbons (Fsp3) is 0.250. The normalized spacial score (nSPS) is 11.3. The van der Waals surface area contributed by atoms with Gasteiger partial charge in [-0.05, 0) is 35.2 Å². The van der Waals surface area contributed by atoms with E-state index in [1.807, 2.05) is 12.1 Å². The Kier molecular flexibility index (Phi) is 4.45. The Labute approximate surface area is 120 Å². The molecule has 0 saturated carbocycles. The van der Waals surface area contributed by atoms with Crippen molar-refractivity contribution < 1.29 is 12.6 Å². The first-order chi connectivity index (χ1) is 9.48. The smallest absolute Gasteiger partial charge is 0.306 e. The quantitative estimate of drug-likeness (QED) is 0.790. The molecule has 2 aromatic carbocycles. The molecular weight excluding hydrogens is 272 g/mol. The van der Waals surface area contributed by atoms with Crippen LogP contribution in [0.1, 0.15) is 18.9 Å². The van der Waals surface area contributed by atoms with Crippen LogP contribution < -0.4 is 4.18 Å². The van der Waals surface area contributed by atoms with Crippen molar-refractivity contribution in [1.29, 1.82) is 0 Å². The van der Waals surface area contributed by atoms with Crippen LogP contribution in [0.15, 0.2) is 48.5 Å². The van der Waals surface area contributed by atoms with Crippen LogP contribution in [0, 0.1) is 0 Å². The zero-order valence-electron chi connectivity index (χ0n) is 11.7. The van der Waals surface area contributed by atoms with Gasteiger partial charge in [0.1, 0.15) is 5.75 Å². The standard InChI is InChI=1S/C16H18O3S/c1-3-4-13-5-7-14(8-6-13)15-9-11-16(12-10-15)19-20(2,17)18/h5-12H,3-4H2,1-2H3. The molecule has 3 nitrogen and oxygen atoms in total. The molecule has 0 aromatic heterocycles. The summed E-state index contributed by atoms with van der Waals surface area (Å²) < 4.78 is 26.9. The lowest BCUT2D eigenvalue weighted by atomic mass is 10.0. The largest absolute Gasteiger partial charge is 0.383 e. The predicted octanol–water partition coefficient (Wildman–Crippen LogP) is 3.64. The first-order valence-electron chi connectivity index (χ1n) is 6.57. The van der Waals surface area contributed by atoms with E-state index in [4.69, 9.17) is 4.18 Å². The summed E-state index contributed by atoms with van der Waals surface area (Å²) in [4.78, 5) is 0. The lowest BCUT2D eigenvalue weighted by Gasteiger charge is -2.06. The number of benzene rings is 2. The molecule has 0 heterocycles. The topological polar surface area (TPSA) is 43.4 Å². The van der Waals surface area contributed by atoms with Crippen LogP contribution in [0.3, 0.4) is 0 Å². The van der Waals surface area contributed by atoms with Gasteiger partial charge in [0.15, 0.2) is 0 Å². The van der Waals surface area contributed by atoms with Crippen LogP contribution in [-0.4, -0.2) is 14.7 Å². The van der Waals surface area contributed by atoms with E-state index in [0.29, 0.717) is 5.75 Å². The highest BCUT2D eigenvalue weighted by molar-refractivity contribution is 7.86. The minimum absolute atomic E-state index is 0.332. The summed E-state index contributed by atoms with van der Waals surface area (Å²) in [6.45, 7) is 2.16. The Bertz CT molecular complexity index is 656. The van der Waals surface area contributed by atoms with Crippen molar-refractivity contribution in [2.75, 3.05) is 6.26 Å². The maximum Gasteiger partial charge on any atom is 0.306 e. The highest BCUT2D eigenvalue weighted by Crippen LogP contribution is 2.23. The van der Waals surface area contributed by atoms with Crippen LogP contribution in [0.25, 0.3) is 11.1 Å². The summed E-state index contributed by atoms with van der Waals surface area (Å²) in [7, 11) is -3.47. The zero-order valence-corrected chi connectivity index (χ0v) is 12.5. The number of rotatable bonds is 5. The molecule has 0 spiro atoms. The van der Waals surface area contributed by atoms with Crippen LogP contribution in [0.2, 0.25) is 0 Å². The molecule has 4 heteroatoms. The molecule has 106 valence electrons. The molecular formula is C16H18O3S. The maximum atomic E-state index is 11.0. The van der Waals surface area contributed by atoms with Crippen molar-refractivity contribution in [1.82, 2.24) is 0 Å². The lowest BCUT2D eigenvalue weighted by Crippen LogP contribution is -2.05. The average molecular weight is 290 g/mol. The zero-order chi connectivity index (χ0) is 14.6. The molecule has 0 aliphatic heterocycles. The van der Waals surface area contributed by atoms with Crippen LogP contribution in [0.4, 0.5) is 0 Å². The van der Waals surface area contributed by atoms with Crippen LogP contribution in [0.5, 0.6) is 5.75 Å². The molecule has 0 saturated heterocycles. The Balaban J connectivity index is 2.17. The van der Waals surface area contributed by atoms with Gasteiger partial charge in [-0.3, -0.25) is 0 Å². The number of hydrogen-bond acceptors (Lipinski definition) is 3. The van der Waals surface area contributed by atoms with Gasteiger partial charge in [0.05, 0.1) is 6.26 Å². The van der Waals surface area contributed by atoms with Gasteiger partial charge in [-0.1, -0.05) is 49.7 Å². The van der Waals surface area contributed by atoms with E-state index in [9.17, 15) is 8.42 Å². The van der Waals surface area contributed by atoms with Gasteiger partial charge in [-0.25, -0.2) is 0 Å². The summed E-state index contributed by atoms with van der Waals surface area (Å²) in [6, 6.07) is 15.5. The third kappa shape index (κ3) is 4.10. The molecule has 0 bridgehead atoms. The van der Waals surface area contributed by atoms with E-state index in [0.717, 1.165) is 30.2 Å². The monoisotopic (exact) mass is 290 g/mol. The highest BCUT2D eigenvalue weighted by Gasteiger charge is 2.04. The summed E-state index contributed by atoms with van der Waals surface area (Å²) in [6.07, 6.45) is 3.26. The summed E-state index contributed by atoms with van der Waals surface area (Å²) >= 11 is 0. The fourth-order valence-electron chi connectivity index (χ4n) is 2.03. The molecule has 2 aromatic rings. The maximum absolute atomic E-state index is 11.0. The van der Waals surface area contributed by atoms with Crippen molar-refractivity contribution in [3.8, 4) is 16.9 Å². The molecule has 0 amide bonds. The molecule has 0 aliphatic rings. The Morgan fingerprint density at radius 3 is 1.85 bits per heavy atom. The molecule has 0 radical (unpaired) electrons. The van der Waals surface area contributed by atoms with Crippen molar-refractivity contribution in [2.45, 2.75) is 19.8 Å². The van der Waals surface area contributed by atoms with Gasteiger partial charge in [0, 0.05) is 0 Å². The SMILES string of the molecule is CCCc1ccc(-c2ccc(OS(C)(=O)=O)cc2)cc1. The molecule has 2 rings (SSSR count). The second-order valence-electron chi connectivity index (χ2n) is 4.76. The lowest BCUT2D eigenvalue weighted by molar-refractivity contribution is 0.493. The summed E-state index contributed by atoms with van der Waals surface area (Å²) in [5.41, 5.74) is 3.47. The first-order valence-corrected chi connectivity index (χ1v) is 8.38. The van der Waals surface area contributed by atoms with Gasteiger partial charge in [-0.2, -0.15) is 8.42 Å². The number of hydrogen-bond donors (Lipinski definition) is 0. The van der Waals surface area contributed by atoms with E-state index in [2.05, 4.69) is 31.2 Å². The predicted molar refractivity (Wildman–Crippen MR) is 81.3 cm³/mol. The van der Waals surface area contributed by atoms with E-state index in [1.54, 1.807) is 12.1 Å². The highest BCUT2D eigenvalue weighted by atomic mass is 32.2. The van der Waals surface area contributed by atoms with E-state index < -0.39 is 10.1 Å². The molecule has 20 heavy (non-hydrogen) atoms. The minimum Gasteiger partial charge on any atom is -0.383 e. The van der Waals surface area contributed by atoms with Gasteiger partial charge in [0.25, 0.3) is 0 Å². The van der Waals surface area contributed by atoms with Crippen LogP contribution in [-0.2, 0) is 16.5 Å². The third-order valence-electron chi connectivity index (χ3n) is 2.93. The Hall–Kier alpha value is -1.81. The fourth-order valence-corrected chi connectivity index (χ4v) is 2.49. The number of aryl methyl sites for hydroxylation is 1.